The Bertz CT molecular complexity index is 1020. The van der Waals surface area contributed by atoms with Gasteiger partial charge in [0.25, 0.3) is 5.69 Å². The summed E-state index contributed by atoms with van der Waals surface area (Å²) in [4.78, 5) is 37.0. The minimum absolute atomic E-state index is 0.0819. The lowest BCUT2D eigenvalue weighted by Crippen LogP contribution is -2.49. The van der Waals surface area contributed by atoms with Crippen LogP contribution in [0.5, 0.6) is 0 Å². The molecule has 1 unspecified atom stereocenters. The molecular weight excluding hydrogens is 430 g/mol. The fourth-order valence-corrected chi connectivity index (χ4v) is 4.84. The molecule has 1 aromatic heterocycles. The molecule has 1 atom stereocenters. The maximum atomic E-state index is 12.9. The Balaban J connectivity index is 1.70. The van der Waals surface area contributed by atoms with Gasteiger partial charge in [0.2, 0.25) is 5.91 Å². The Hall–Kier alpha value is -3.03. The molecule has 8 heteroatoms. The van der Waals surface area contributed by atoms with E-state index in [0.29, 0.717) is 31.8 Å². The molecule has 2 aromatic rings. The minimum Gasteiger partial charge on any atom is -0.353 e. The van der Waals surface area contributed by atoms with Crippen LogP contribution in [-0.4, -0.2) is 51.9 Å². The van der Waals surface area contributed by atoms with Crippen molar-refractivity contribution in [3.8, 4) is 0 Å². The highest BCUT2D eigenvalue weighted by atomic mass is 16.6. The summed E-state index contributed by atoms with van der Waals surface area (Å²) in [6, 6.07) is 6.64. The average Bonchev–Trinajstić information content (AvgIpc) is 2.74. The zero-order valence-corrected chi connectivity index (χ0v) is 21.3. The molecule has 0 spiro atoms. The zero-order chi connectivity index (χ0) is 25.0. The van der Waals surface area contributed by atoms with Gasteiger partial charge in [-0.25, -0.2) is 9.97 Å². The quantitative estimate of drug-likeness (QED) is 0.433. The molecule has 0 saturated carbocycles. The third-order valence-corrected chi connectivity index (χ3v) is 6.25. The predicted octanol–water partition coefficient (Wildman–Crippen LogP) is 4.70. The molecule has 1 aliphatic heterocycles. The molecule has 2 heterocycles. The zero-order valence-electron chi connectivity index (χ0n) is 21.3. The lowest BCUT2D eigenvalue weighted by molar-refractivity contribution is -0.384. The molecule has 1 amide bonds. The molecule has 0 N–H and O–H groups in total. The summed E-state index contributed by atoms with van der Waals surface area (Å²) in [5.41, 5.74) is 3.22. The molecule has 1 aromatic carbocycles. The van der Waals surface area contributed by atoms with E-state index < -0.39 is 0 Å². The van der Waals surface area contributed by atoms with Crippen LogP contribution in [0.3, 0.4) is 0 Å². The van der Waals surface area contributed by atoms with Crippen molar-refractivity contribution in [2.75, 3.05) is 31.1 Å². The summed E-state index contributed by atoms with van der Waals surface area (Å²) >= 11 is 0. The van der Waals surface area contributed by atoms with Gasteiger partial charge in [-0.15, -0.1) is 0 Å². The first-order valence-corrected chi connectivity index (χ1v) is 12.0. The number of nitro benzene ring substituents is 1. The Kier molecular flexibility index (Phi) is 7.89. The highest BCUT2D eigenvalue weighted by molar-refractivity contribution is 5.76. The predicted molar refractivity (Wildman–Crippen MR) is 134 cm³/mol. The smallest absolute Gasteiger partial charge is 0.269 e. The standard InChI is InChI=1S/C26H37N5O3/c1-18(17-26(4,5)6)15-24(32)29-11-13-30(14-12-29)25-23(19(2)27-20(3)28-25)16-21-7-9-22(10-8-21)31(33)34/h7-10,18H,11-17H2,1-6H3. The van der Waals surface area contributed by atoms with Crippen molar-refractivity contribution in [1.29, 1.82) is 0 Å². The lowest BCUT2D eigenvalue weighted by Gasteiger charge is -2.37. The fraction of sp³-hybridized carbons (Fsp3) is 0.577. The van der Waals surface area contributed by atoms with Gasteiger partial charge in [-0.3, -0.25) is 14.9 Å². The number of carbonyl (C=O) groups excluding carboxylic acids is 1. The number of piperazine rings is 1. The number of rotatable bonds is 7. The van der Waals surface area contributed by atoms with E-state index in [4.69, 9.17) is 4.98 Å². The molecule has 1 fully saturated rings. The van der Waals surface area contributed by atoms with Gasteiger partial charge in [0, 0.05) is 62.4 Å². The van der Waals surface area contributed by atoms with Crippen molar-refractivity contribution in [1.82, 2.24) is 14.9 Å². The summed E-state index contributed by atoms with van der Waals surface area (Å²) in [5.74, 6) is 2.22. The summed E-state index contributed by atoms with van der Waals surface area (Å²) in [6.45, 7) is 15.5. The molecule has 0 radical (unpaired) electrons. The summed E-state index contributed by atoms with van der Waals surface area (Å²) in [5, 5.41) is 11.0. The van der Waals surface area contributed by atoms with E-state index in [-0.39, 0.29) is 21.9 Å². The SMILES string of the molecule is Cc1nc(C)c(Cc2ccc([N+](=O)[O-])cc2)c(N2CCN(C(=O)CC(C)CC(C)(C)C)CC2)n1. The van der Waals surface area contributed by atoms with Gasteiger partial charge in [0.15, 0.2) is 0 Å². The van der Waals surface area contributed by atoms with E-state index in [1.165, 1.54) is 12.1 Å². The van der Waals surface area contributed by atoms with Gasteiger partial charge >= 0.3 is 0 Å². The maximum absolute atomic E-state index is 12.9. The number of nitro groups is 1. The van der Waals surface area contributed by atoms with Crippen molar-refractivity contribution >= 4 is 17.4 Å². The van der Waals surface area contributed by atoms with Crippen molar-refractivity contribution in [2.24, 2.45) is 11.3 Å². The van der Waals surface area contributed by atoms with Crippen molar-refractivity contribution in [2.45, 2.75) is 60.8 Å². The molecule has 1 aliphatic rings. The Morgan fingerprint density at radius 1 is 1.09 bits per heavy atom. The topological polar surface area (TPSA) is 92.5 Å². The van der Waals surface area contributed by atoms with Crippen LogP contribution < -0.4 is 4.90 Å². The number of hydrogen-bond acceptors (Lipinski definition) is 6. The van der Waals surface area contributed by atoms with Gasteiger partial charge < -0.3 is 9.80 Å². The molecule has 3 rings (SSSR count). The van der Waals surface area contributed by atoms with E-state index in [9.17, 15) is 14.9 Å². The summed E-state index contributed by atoms with van der Waals surface area (Å²) in [6.07, 6.45) is 2.22. The van der Waals surface area contributed by atoms with E-state index in [2.05, 4.69) is 37.6 Å². The maximum Gasteiger partial charge on any atom is 0.269 e. The largest absolute Gasteiger partial charge is 0.353 e. The van der Waals surface area contributed by atoms with Gasteiger partial charge in [0.05, 0.1) is 4.92 Å². The fourth-order valence-electron chi connectivity index (χ4n) is 4.84. The van der Waals surface area contributed by atoms with E-state index in [1.807, 2.05) is 18.7 Å². The number of anilines is 1. The lowest BCUT2D eigenvalue weighted by atomic mass is 9.84. The highest BCUT2D eigenvalue weighted by Crippen LogP contribution is 2.28. The second kappa shape index (κ2) is 10.5. The normalized spacial score (nSPS) is 15.4. The van der Waals surface area contributed by atoms with Gasteiger partial charge in [0.1, 0.15) is 11.6 Å². The molecular formula is C26H37N5O3. The van der Waals surface area contributed by atoms with Gasteiger partial charge in [-0.1, -0.05) is 39.8 Å². The Morgan fingerprint density at radius 2 is 1.71 bits per heavy atom. The third-order valence-electron chi connectivity index (χ3n) is 6.25. The number of aromatic nitrogens is 2. The molecule has 0 aliphatic carbocycles. The Labute approximate surface area is 202 Å². The third kappa shape index (κ3) is 6.74. The van der Waals surface area contributed by atoms with Crippen molar-refractivity contribution in [3.63, 3.8) is 0 Å². The van der Waals surface area contributed by atoms with Gasteiger partial charge in [-0.05, 0) is 37.2 Å². The van der Waals surface area contributed by atoms with E-state index >= 15 is 0 Å². The van der Waals surface area contributed by atoms with Crippen LogP contribution in [0.15, 0.2) is 24.3 Å². The molecule has 34 heavy (non-hydrogen) atoms. The first-order chi connectivity index (χ1) is 15.9. The highest BCUT2D eigenvalue weighted by Gasteiger charge is 2.26. The molecule has 0 bridgehead atoms. The van der Waals surface area contributed by atoms with Crippen LogP contribution in [0, 0.1) is 35.3 Å². The first kappa shape index (κ1) is 25.6. The van der Waals surface area contributed by atoms with Crippen LogP contribution in [0.1, 0.15) is 63.2 Å². The van der Waals surface area contributed by atoms with Crippen LogP contribution in [0.4, 0.5) is 11.5 Å². The van der Waals surface area contributed by atoms with Crippen LogP contribution in [0.2, 0.25) is 0 Å². The molecule has 8 nitrogen and oxygen atoms in total. The number of amides is 1. The summed E-state index contributed by atoms with van der Waals surface area (Å²) in [7, 11) is 0. The van der Waals surface area contributed by atoms with Crippen molar-refractivity contribution in [3.05, 3.63) is 57.0 Å². The first-order valence-electron chi connectivity index (χ1n) is 12.0. The second-order valence-electron chi connectivity index (χ2n) is 10.7. The minimum atomic E-state index is -0.389. The number of nitrogens with zero attached hydrogens (tertiary/aromatic N) is 5. The Morgan fingerprint density at radius 3 is 2.26 bits per heavy atom. The number of aryl methyl sites for hydroxylation is 2. The number of non-ortho nitro benzene ring substituents is 1. The van der Waals surface area contributed by atoms with E-state index in [0.717, 1.165) is 48.0 Å². The van der Waals surface area contributed by atoms with Crippen LogP contribution >= 0.6 is 0 Å². The number of benzene rings is 1. The van der Waals surface area contributed by atoms with Crippen LogP contribution in [0.25, 0.3) is 0 Å². The second-order valence-corrected chi connectivity index (χ2v) is 10.7. The van der Waals surface area contributed by atoms with E-state index in [1.54, 1.807) is 12.1 Å². The molecule has 1 saturated heterocycles. The van der Waals surface area contributed by atoms with Crippen molar-refractivity contribution < 1.29 is 9.72 Å². The van der Waals surface area contributed by atoms with Gasteiger partial charge in [-0.2, -0.15) is 0 Å². The monoisotopic (exact) mass is 467 g/mol. The summed E-state index contributed by atoms with van der Waals surface area (Å²) < 4.78 is 0. The van der Waals surface area contributed by atoms with Crippen LogP contribution in [-0.2, 0) is 11.2 Å². The number of carbonyl (C=O) groups is 1. The molecule has 184 valence electrons. The average molecular weight is 468 g/mol. The number of hydrogen-bond donors (Lipinski definition) is 0.